The minimum atomic E-state index is -0.691. The molecule has 5 heteroatoms. The molecule has 0 spiro atoms. The molecule has 2 aromatic carbocycles. The van der Waals surface area contributed by atoms with Gasteiger partial charge in [0.05, 0.1) is 0 Å². The second-order valence-electron chi connectivity index (χ2n) is 5.64. The normalized spacial score (nSPS) is 10.5. The van der Waals surface area contributed by atoms with Crippen LogP contribution < -0.4 is 10.6 Å². The van der Waals surface area contributed by atoms with E-state index in [9.17, 15) is 9.59 Å². The smallest absolute Gasteiger partial charge is 0.314 e. The maximum atomic E-state index is 12.0. The molecule has 0 atom stereocenters. The van der Waals surface area contributed by atoms with Gasteiger partial charge in [-0.3, -0.25) is 9.59 Å². The molecule has 0 radical (unpaired) electrons. The molecule has 0 bridgehead atoms. The highest BCUT2D eigenvalue weighted by atomic mass is 79.9. The van der Waals surface area contributed by atoms with E-state index in [0.29, 0.717) is 17.3 Å². The SMILES string of the molecule is Cc1cc(Br)ccc1NC(=O)C(=O)Nc1ccc(C(C)C)cc1. The minimum Gasteiger partial charge on any atom is -0.318 e. The molecular formula is C18H19BrN2O2. The van der Waals surface area contributed by atoms with Crippen molar-refractivity contribution in [1.82, 2.24) is 0 Å². The Hall–Kier alpha value is -2.14. The topological polar surface area (TPSA) is 58.2 Å². The summed E-state index contributed by atoms with van der Waals surface area (Å²) in [5, 5.41) is 5.21. The van der Waals surface area contributed by atoms with Crippen LogP contribution in [-0.4, -0.2) is 11.8 Å². The molecule has 0 unspecified atom stereocenters. The summed E-state index contributed by atoms with van der Waals surface area (Å²) in [6.45, 7) is 6.06. The first kappa shape index (κ1) is 17.2. The fourth-order valence-corrected chi connectivity index (χ4v) is 2.56. The predicted octanol–water partition coefficient (Wildman–Crippen LogP) is 4.46. The lowest BCUT2D eigenvalue weighted by Crippen LogP contribution is -2.29. The highest BCUT2D eigenvalue weighted by Gasteiger charge is 2.15. The lowest BCUT2D eigenvalue weighted by Gasteiger charge is -2.10. The van der Waals surface area contributed by atoms with Crippen LogP contribution in [0.2, 0.25) is 0 Å². The highest BCUT2D eigenvalue weighted by Crippen LogP contribution is 2.20. The van der Waals surface area contributed by atoms with Gasteiger partial charge in [0.1, 0.15) is 0 Å². The Morgan fingerprint density at radius 3 is 2.13 bits per heavy atom. The van der Waals surface area contributed by atoms with Gasteiger partial charge >= 0.3 is 11.8 Å². The van der Waals surface area contributed by atoms with Crippen molar-refractivity contribution in [3.8, 4) is 0 Å². The molecule has 2 aromatic rings. The molecular weight excluding hydrogens is 356 g/mol. The van der Waals surface area contributed by atoms with Crippen molar-refractivity contribution in [1.29, 1.82) is 0 Å². The average molecular weight is 375 g/mol. The zero-order chi connectivity index (χ0) is 17.0. The monoisotopic (exact) mass is 374 g/mol. The van der Waals surface area contributed by atoms with E-state index < -0.39 is 11.8 Å². The van der Waals surface area contributed by atoms with E-state index in [2.05, 4.69) is 40.4 Å². The molecule has 4 nitrogen and oxygen atoms in total. The molecule has 0 fully saturated rings. The van der Waals surface area contributed by atoms with Gasteiger partial charge in [-0.15, -0.1) is 0 Å². The Morgan fingerprint density at radius 2 is 1.57 bits per heavy atom. The largest absolute Gasteiger partial charge is 0.318 e. The summed E-state index contributed by atoms with van der Waals surface area (Å²) in [5.41, 5.74) is 3.27. The number of carbonyl (C=O) groups is 2. The van der Waals surface area contributed by atoms with E-state index in [-0.39, 0.29) is 0 Å². The van der Waals surface area contributed by atoms with Crippen LogP contribution in [0.25, 0.3) is 0 Å². The number of carbonyl (C=O) groups excluding carboxylic acids is 2. The maximum absolute atomic E-state index is 12.0. The first-order valence-corrected chi connectivity index (χ1v) is 8.14. The van der Waals surface area contributed by atoms with E-state index >= 15 is 0 Å². The van der Waals surface area contributed by atoms with Gasteiger partial charge in [-0.2, -0.15) is 0 Å². The quantitative estimate of drug-likeness (QED) is 0.779. The summed E-state index contributed by atoms with van der Waals surface area (Å²) in [5.74, 6) is -0.962. The van der Waals surface area contributed by atoms with E-state index in [1.165, 1.54) is 5.56 Å². The van der Waals surface area contributed by atoms with Crippen LogP contribution in [0.1, 0.15) is 30.9 Å². The van der Waals surface area contributed by atoms with Crippen LogP contribution in [0.15, 0.2) is 46.9 Å². The number of rotatable bonds is 3. The lowest BCUT2D eigenvalue weighted by atomic mass is 10.0. The molecule has 0 saturated heterocycles. The van der Waals surface area contributed by atoms with Gasteiger partial charge in [0.25, 0.3) is 0 Å². The van der Waals surface area contributed by atoms with E-state index in [4.69, 9.17) is 0 Å². The molecule has 2 rings (SSSR count). The van der Waals surface area contributed by atoms with Gasteiger partial charge in [0, 0.05) is 15.8 Å². The van der Waals surface area contributed by atoms with Crippen molar-refractivity contribution in [3.05, 3.63) is 58.1 Å². The Morgan fingerprint density at radius 1 is 0.957 bits per heavy atom. The van der Waals surface area contributed by atoms with Crippen LogP contribution in [-0.2, 0) is 9.59 Å². The zero-order valence-electron chi connectivity index (χ0n) is 13.3. The molecule has 120 valence electrons. The molecule has 2 N–H and O–H groups in total. The highest BCUT2D eigenvalue weighted by molar-refractivity contribution is 9.10. The summed E-state index contributed by atoms with van der Waals surface area (Å²) >= 11 is 3.36. The molecule has 0 aliphatic carbocycles. The summed E-state index contributed by atoms with van der Waals surface area (Å²) < 4.78 is 0.919. The molecule has 0 saturated carbocycles. The number of anilines is 2. The van der Waals surface area contributed by atoms with Crippen molar-refractivity contribution < 1.29 is 9.59 Å². The predicted molar refractivity (Wildman–Crippen MR) is 96.7 cm³/mol. The van der Waals surface area contributed by atoms with Crippen molar-refractivity contribution in [2.75, 3.05) is 10.6 Å². The van der Waals surface area contributed by atoms with E-state index in [0.717, 1.165) is 10.0 Å². The lowest BCUT2D eigenvalue weighted by molar-refractivity contribution is -0.133. The first-order valence-electron chi connectivity index (χ1n) is 7.35. The summed E-state index contributed by atoms with van der Waals surface area (Å²) in [4.78, 5) is 24.0. The van der Waals surface area contributed by atoms with Crippen LogP contribution in [0.3, 0.4) is 0 Å². The average Bonchev–Trinajstić information content (AvgIpc) is 2.50. The number of hydrogen-bond acceptors (Lipinski definition) is 2. The van der Waals surface area contributed by atoms with Crippen molar-refractivity contribution in [2.24, 2.45) is 0 Å². The van der Waals surface area contributed by atoms with Gasteiger partial charge in [-0.25, -0.2) is 0 Å². The van der Waals surface area contributed by atoms with Gasteiger partial charge < -0.3 is 10.6 Å². The number of nitrogens with one attached hydrogen (secondary N) is 2. The number of aryl methyl sites for hydroxylation is 1. The Labute approximate surface area is 144 Å². The molecule has 2 amide bonds. The second kappa shape index (κ2) is 7.42. The number of amides is 2. The number of benzene rings is 2. The van der Waals surface area contributed by atoms with Gasteiger partial charge in [-0.05, 0) is 54.3 Å². The summed E-state index contributed by atoms with van der Waals surface area (Å²) in [6, 6.07) is 12.9. The first-order chi connectivity index (χ1) is 10.9. The van der Waals surface area contributed by atoms with E-state index in [1.807, 2.05) is 31.2 Å². The standard InChI is InChI=1S/C18H19BrN2O2/c1-11(2)13-4-7-15(8-5-13)20-17(22)18(23)21-16-9-6-14(19)10-12(16)3/h4-11H,1-3H3,(H,20,22)(H,21,23). The minimum absolute atomic E-state index is 0.420. The van der Waals surface area contributed by atoms with Gasteiger partial charge in [-0.1, -0.05) is 41.9 Å². The van der Waals surface area contributed by atoms with E-state index in [1.54, 1.807) is 18.2 Å². The van der Waals surface area contributed by atoms with Gasteiger partial charge in [0.2, 0.25) is 0 Å². The van der Waals surface area contributed by atoms with Crippen LogP contribution in [0, 0.1) is 6.92 Å². The molecule has 0 aliphatic rings. The Bertz CT molecular complexity index is 724. The third-order valence-corrected chi connectivity index (χ3v) is 3.97. The Balaban J connectivity index is 2.01. The fourth-order valence-electron chi connectivity index (χ4n) is 2.09. The molecule has 23 heavy (non-hydrogen) atoms. The fraction of sp³-hybridized carbons (Fsp3) is 0.222. The maximum Gasteiger partial charge on any atom is 0.314 e. The van der Waals surface area contributed by atoms with Crippen molar-refractivity contribution >= 4 is 39.1 Å². The molecule has 0 aliphatic heterocycles. The summed E-state index contributed by atoms with van der Waals surface area (Å²) in [6.07, 6.45) is 0. The Kier molecular flexibility index (Phi) is 5.55. The van der Waals surface area contributed by atoms with Crippen LogP contribution in [0.4, 0.5) is 11.4 Å². The van der Waals surface area contributed by atoms with Gasteiger partial charge in [0.15, 0.2) is 0 Å². The third-order valence-electron chi connectivity index (χ3n) is 3.48. The third kappa shape index (κ3) is 4.66. The van der Waals surface area contributed by atoms with Crippen LogP contribution in [0.5, 0.6) is 0 Å². The summed E-state index contributed by atoms with van der Waals surface area (Å²) in [7, 11) is 0. The second-order valence-corrected chi connectivity index (χ2v) is 6.56. The molecule has 0 aromatic heterocycles. The zero-order valence-corrected chi connectivity index (χ0v) is 14.9. The molecule has 0 heterocycles. The number of halogens is 1. The number of hydrogen-bond donors (Lipinski definition) is 2. The van der Waals surface area contributed by atoms with Crippen LogP contribution >= 0.6 is 15.9 Å². The van der Waals surface area contributed by atoms with Crippen molar-refractivity contribution in [2.45, 2.75) is 26.7 Å². The van der Waals surface area contributed by atoms with Crippen molar-refractivity contribution in [3.63, 3.8) is 0 Å².